The third-order valence-electron chi connectivity index (χ3n) is 9.38. The standard InChI is InChI=1S/C34H38N2O5/c1-21(2)19-36(30(39)15-10-24-8-6-5-7-9-24)27-13-12-26-28-18-25-11-14-29(38)32-31(25)34(26,33(27)41-32)16-17-35(28)20-22(3)40-23(4)37/h5-9,11,14,21,26-28,33,38H,3,12-13,16-20H2,1-2,4H3/t26-,27-,28+,33-,34-/m0/s1. The van der Waals surface area contributed by atoms with Crippen LogP contribution in [0.15, 0.2) is 54.8 Å². The Kier molecular flexibility index (Phi) is 7.07. The average molecular weight is 555 g/mol. The van der Waals surface area contributed by atoms with E-state index in [4.69, 9.17) is 9.47 Å². The molecule has 2 aromatic carbocycles. The Morgan fingerprint density at radius 1 is 1.22 bits per heavy atom. The number of ether oxygens (including phenoxy) is 2. The maximum absolute atomic E-state index is 13.8. The number of benzene rings is 2. The van der Waals surface area contributed by atoms with Gasteiger partial charge in [0.05, 0.1) is 12.6 Å². The summed E-state index contributed by atoms with van der Waals surface area (Å²) in [5, 5.41) is 11.0. The predicted molar refractivity (Wildman–Crippen MR) is 155 cm³/mol. The summed E-state index contributed by atoms with van der Waals surface area (Å²) in [6.07, 6.45) is 3.10. The lowest BCUT2D eigenvalue weighted by Crippen LogP contribution is -2.69. The Labute approximate surface area is 242 Å². The van der Waals surface area contributed by atoms with Crippen molar-refractivity contribution in [3.63, 3.8) is 0 Å². The van der Waals surface area contributed by atoms with Crippen molar-refractivity contribution in [1.82, 2.24) is 9.80 Å². The number of esters is 1. The van der Waals surface area contributed by atoms with Gasteiger partial charge in [-0.05, 0) is 67.8 Å². The first-order chi connectivity index (χ1) is 19.7. The van der Waals surface area contributed by atoms with E-state index in [1.54, 1.807) is 6.07 Å². The van der Waals surface area contributed by atoms with E-state index in [0.717, 1.165) is 43.4 Å². The van der Waals surface area contributed by atoms with Gasteiger partial charge in [0.15, 0.2) is 11.5 Å². The Morgan fingerprint density at radius 3 is 2.73 bits per heavy atom. The molecule has 1 N–H and O–H groups in total. The summed E-state index contributed by atoms with van der Waals surface area (Å²) < 4.78 is 12.1. The zero-order chi connectivity index (χ0) is 28.9. The normalized spacial score (nSPS) is 27.2. The van der Waals surface area contributed by atoms with Gasteiger partial charge in [-0.15, -0.1) is 0 Å². The van der Waals surface area contributed by atoms with Crippen molar-refractivity contribution in [2.24, 2.45) is 11.8 Å². The van der Waals surface area contributed by atoms with Crippen LogP contribution in [-0.4, -0.2) is 64.6 Å². The molecule has 1 amide bonds. The van der Waals surface area contributed by atoms with Crippen LogP contribution in [0.5, 0.6) is 11.5 Å². The van der Waals surface area contributed by atoms with Gasteiger partial charge >= 0.3 is 5.97 Å². The first-order valence-corrected chi connectivity index (χ1v) is 14.7. The minimum absolute atomic E-state index is 0.160. The maximum atomic E-state index is 13.8. The van der Waals surface area contributed by atoms with Crippen LogP contribution in [0, 0.1) is 23.7 Å². The van der Waals surface area contributed by atoms with Crippen LogP contribution in [0.1, 0.15) is 56.7 Å². The van der Waals surface area contributed by atoms with E-state index in [1.165, 1.54) is 12.5 Å². The molecule has 2 bridgehead atoms. The van der Waals surface area contributed by atoms with Crippen LogP contribution in [0.25, 0.3) is 0 Å². The third-order valence-corrected chi connectivity index (χ3v) is 9.38. The summed E-state index contributed by atoms with van der Waals surface area (Å²) in [7, 11) is 0. The topological polar surface area (TPSA) is 79.3 Å². The van der Waals surface area contributed by atoms with Crippen LogP contribution in [-0.2, 0) is 26.2 Å². The zero-order valence-electron chi connectivity index (χ0n) is 24.1. The number of amides is 1. The number of phenolic OH excluding ortho intramolecular Hbond substituents is 1. The summed E-state index contributed by atoms with van der Waals surface area (Å²) in [5.41, 5.74) is 2.83. The van der Waals surface area contributed by atoms with Crippen molar-refractivity contribution in [2.75, 3.05) is 19.6 Å². The molecule has 41 heavy (non-hydrogen) atoms. The number of piperidine rings is 1. The Hall–Kier alpha value is -3.76. The van der Waals surface area contributed by atoms with Crippen LogP contribution in [0.2, 0.25) is 0 Å². The molecule has 2 heterocycles. The summed E-state index contributed by atoms with van der Waals surface area (Å²) in [6, 6.07) is 13.4. The molecule has 6 rings (SSSR count). The van der Waals surface area contributed by atoms with Crippen LogP contribution >= 0.6 is 0 Å². The zero-order valence-corrected chi connectivity index (χ0v) is 24.1. The largest absolute Gasteiger partial charge is 0.504 e. The molecule has 1 spiro atoms. The van der Waals surface area contributed by atoms with Crippen molar-refractivity contribution in [1.29, 1.82) is 0 Å². The fourth-order valence-electron chi connectivity index (χ4n) is 8.06. The molecular weight excluding hydrogens is 516 g/mol. The predicted octanol–water partition coefficient (Wildman–Crippen LogP) is 4.41. The van der Waals surface area contributed by atoms with E-state index in [-0.39, 0.29) is 53.1 Å². The molecule has 1 saturated heterocycles. The molecule has 7 heteroatoms. The summed E-state index contributed by atoms with van der Waals surface area (Å²) in [6.45, 7) is 11.5. The van der Waals surface area contributed by atoms with Gasteiger partial charge in [0.1, 0.15) is 11.9 Å². The highest BCUT2D eigenvalue weighted by atomic mass is 16.5. The van der Waals surface area contributed by atoms with E-state index in [1.807, 2.05) is 41.3 Å². The molecular formula is C34H38N2O5. The fraction of sp³-hybridized carbons (Fsp3) is 0.471. The smallest absolute Gasteiger partial charge is 0.307 e. The van der Waals surface area contributed by atoms with E-state index in [0.29, 0.717) is 24.6 Å². The van der Waals surface area contributed by atoms with Gasteiger partial charge in [-0.1, -0.05) is 50.6 Å². The average Bonchev–Trinajstić information content (AvgIpc) is 3.29. The van der Waals surface area contributed by atoms with Gasteiger partial charge in [0.25, 0.3) is 5.91 Å². The van der Waals surface area contributed by atoms with Gasteiger partial charge in [-0.3, -0.25) is 14.5 Å². The maximum Gasteiger partial charge on any atom is 0.307 e. The molecule has 214 valence electrons. The number of carbonyl (C=O) groups is 2. The van der Waals surface area contributed by atoms with Crippen LogP contribution in [0.3, 0.4) is 0 Å². The second-order valence-corrected chi connectivity index (χ2v) is 12.4. The van der Waals surface area contributed by atoms with Crippen LogP contribution in [0.4, 0.5) is 0 Å². The van der Waals surface area contributed by atoms with Crippen molar-refractivity contribution < 1.29 is 24.2 Å². The minimum atomic E-state index is -0.354. The molecule has 2 aliphatic carbocycles. The van der Waals surface area contributed by atoms with Crippen molar-refractivity contribution >= 4 is 11.9 Å². The molecule has 2 aliphatic heterocycles. The molecule has 2 aromatic rings. The van der Waals surface area contributed by atoms with Gasteiger partial charge in [-0.2, -0.15) is 0 Å². The SMILES string of the molecule is C=C(CN1CC[C@]23c4c5ccc(O)c4O[C@H]2[C@@H](N(CC(C)C)C(=O)C#Cc2ccccc2)CC[C@H]3[C@H]1C5)OC(C)=O. The summed E-state index contributed by atoms with van der Waals surface area (Å²) >= 11 is 0. The third kappa shape index (κ3) is 4.68. The van der Waals surface area contributed by atoms with Crippen molar-refractivity contribution in [3.05, 3.63) is 71.5 Å². The quantitative estimate of drug-likeness (QED) is 0.324. The number of likely N-dealkylation sites (tertiary alicyclic amines) is 1. The molecule has 1 saturated carbocycles. The Bertz CT molecular complexity index is 1440. The monoisotopic (exact) mass is 554 g/mol. The first kappa shape index (κ1) is 27.4. The molecule has 7 nitrogen and oxygen atoms in total. The molecule has 0 aromatic heterocycles. The van der Waals surface area contributed by atoms with E-state index in [9.17, 15) is 14.7 Å². The molecule has 5 atom stereocenters. The second kappa shape index (κ2) is 10.6. The number of aromatic hydroxyl groups is 1. The highest BCUT2D eigenvalue weighted by molar-refractivity contribution is 5.94. The molecule has 0 radical (unpaired) electrons. The second-order valence-electron chi connectivity index (χ2n) is 12.4. The van der Waals surface area contributed by atoms with E-state index in [2.05, 4.69) is 37.2 Å². The lowest BCUT2D eigenvalue weighted by molar-refractivity contribution is -0.140. The summed E-state index contributed by atoms with van der Waals surface area (Å²) in [4.78, 5) is 29.7. The number of rotatable bonds is 6. The minimum Gasteiger partial charge on any atom is -0.504 e. The Morgan fingerprint density at radius 2 is 2.00 bits per heavy atom. The Balaban J connectivity index is 1.37. The molecule has 2 fully saturated rings. The van der Waals surface area contributed by atoms with E-state index < -0.39 is 0 Å². The first-order valence-electron chi connectivity index (χ1n) is 14.7. The van der Waals surface area contributed by atoms with E-state index >= 15 is 0 Å². The highest BCUT2D eigenvalue weighted by Gasteiger charge is 2.66. The number of carbonyl (C=O) groups excluding carboxylic acids is 2. The lowest BCUT2D eigenvalue weighted by atomic mass is 9.51. The number of phenols is 1. The molecule has 0 unspecified atom stereocenters. The van der Waals surface area contributed by atoms with Gasteiger partial charge in [0.2, 0.25) is 0 Å². The number of nitrogens with zero attached hydrogens (tertiary/aromatic N) is 2. The van der Waals surface area contributed by atoms with Gasteiger partial charge < -0.3 is 19.5 Å². The van der Waals surface area contributed by atoms with Crippen LogP contribution < -0.4 is 4.74 Å². The summed E-state index contributed by atoms with van der Waals surface area (Å²) in [5.74, 6) is 7.20. The molecule has 4 aliphatic rings. The van der Waals surface area contributed by atoms with Crippen molar-refractivity contribution in [2.45, 2.75) is 70.1 Å². The van der Waals surface area contributed by atoms with Gasteiger partial charge in [0, 0.05) is 42.0 Å². The number of hydrogen-bond acceptors (Lipinski definition) is 6. The van der Waals surface area contributed by atoms with Crippen molar-refractivity contribution in [3.8, 4) is 23.3 Å². The highest BCUT2D eigenvalue weighted by Crippen LogP contribution is 2.64. The number of hydrogen-bond donors (Lipinski definition) is 1. The lowest BCUT2D eigenvalue weighted by Gasteiger charge is -2.60. The fourth-order valence-corrected chi connectivity index (χ4v) is 8.06. The van der Waals surface area contributed by atoms with Gasteiger partial charge in [-0.25, -0.2) is 0 Å².